The lowest BCUT2D eigenvalue weighted by Crippen LogP contribution is -2.16. The highest BCUT2D eigenvalue weighted by molar-refractivity contribution is 6.01. The molecule has 2 heterocycles. The summed E-state index contributed by atoms with van der Waals surface area (Å²) in [5, 5.41) is 9.48. The van der Waals surface area contributed by atoms with Crippen LogP contribution >= 0.6 is 0 Å². The van der Waals surface area contributed by atoms with Gasteiger partial charge in [-0.1, -0.05) is 0 Å². The van der Waals surface area contributed by atoms with E-state index in [1.54, 1.807) is 5.94 Å². The molecule has 0 aliphatic carbocycles. The standard InChI is InChI=1S/C14H8N2O5/c15-14(19)20-8-1-2-12-9(4-8)11(6-17)10-3-7(18)5-16-13(10)21-12/h1-5,18H,(H2,15,19). The highest BCUT2D eigenvalue weighted by Gasteiger charge is 2.25. The number of benzene rings is 1. The van der Waals surface area contributed by atoms with E-state index in [4.69, 9.17) is 15.2 Å². The number of amides is 1. The average molecular weight is 284 g/mol. The number of pyridine rings is 1. The number of rotatable bonds is 1. The van der Waals surface area contributed by atoms with Crippen molar-refractivity contribution >= 4 is 17.6 Å². The smallest absolute Gasteiger partial charge is 0.409 e. The summed E-state index contributed by atoms with van der Waals surface area (Å²) in [6.07, 6.45) is 0.236. The van der Waals surface area contributed by atoms with E-state index in [2.05, 4.69) is 4.98 Å². The fraction of sp³-hybridized carbons (Fsp3) is 0. The van der Waals surface area contributed by atoms with Gasteiger partial charge in [0.2, 0.25) is 5.88 Å². The van der Waals surface area contributed by atoms with Crippen LogP contribution in [0.25, 0.3) is 5.57 Å². The van der Waals surface area contributed by atoms with Crippen LogP contribution < -0.4 is 15.2 Å². The summed E-state index contributed by atoms with van der Waals surface area (Å²) in [4.78, 5) is 26.0. The van der Waals surface area contributed by atoms with Crippen LogP contribution in [0.5, 0.6) is 23.1 Å². The van der Waals surface area contributed by atoms with Gasteiger partial charge in [-0.25, -0.2) is 14.6 Å². The van der Waals surface area contributed by atoms with Gasteiger partial charge < -0.3 is 20.3 Å². The van der Waals surface area contributed by atoms with E-state index in [0.29, 0.717) is 16.9 Å². The number of hydrogen-bond donors (Lipinski definition) is 2. The third kappa shape index (κ3) is 2.18. The van der Waals surface area contributed by atoms with E-state index in [1.807, 2.05) is 0 Å². The molecule has 0 bridgehead atoms. The molecule has 0 atom stereocenters. The SMILES string of the molecule is NC(=O)Oc1ccc2c(c1)C(=C=O)c1cc(O)cnc1O2. The minimum Gasteiger partial charge on any atom is -0.506 e. The number of primary amides is 1. The molecule has 2 aromatic rings. The number of carbonyl (C=O) groups is 1. The Labute approximate surface area is 118 Å². The molecular formula is C14H8N2O5. The van der Waals surface area contributed by atoms with E-state index in [-0.39, 0.29) is 23.0 Å². The van der Waals surface area contributed by atoms with Gasteiger partial charge in [0.15, 0.2) is 0 Å². The summed E-state index contributed by atoms with van der Waals surface area (Å²) in [5.74, 6) is 2.38. The molecule has 0 spiro atoms. The van der Waals surface area contributed by atoms with Crippen molar-refractivity contribution in [3.8, 4) is 23.1 Å². The first-order valence-electron chi connectivity index (χ1n) is 5.82. The Bertz CT molecular complexity index is 809. The van der Waals surface area contributed by atoms with Gasteiger partial charge in [-0.2, -0.15) is 0 Å². The summed E-state index contributed by atoms with van der Waals surface area (Å²) in [6, 6.07) is 5.75. The molecule has 0 fully saturated rings. The van der Waals surface area contributed by atoms with E-state index < -0.39 is 6.09 Å². The number of ether oxygens (including phenoxy) is 2. The normalized spacial score (nSPS) is 11.7. The summed E-state index contributed by atoms with van der Waals surface area (Å²) in [6.45, 7) is 0. The zero-order chi connectivity index (χ0) is 15.0. The second-order valence-corrected chi connectivity index (χ2v) is 4.20. The average Bonchev–Trinajstić information content (AvgIpc) is 2.44. The van der Waals surface area contributed by atoms with Crippen molar-refractivity contribution in [2.75, 3.05) is 0 Å². The third-order valence-corrected chi connectivity index (χ3v) is 2.85. The Balaban J connectivity index is 2.15. The van der Waals surface area contributed by atoms with Gasteiger partial charge in [-0.05, 0) is 24.3 Å². The number of nitrogens with two attached hydrogens (primary N) is 1. The van der Waals surface area contributed by atoms with Crippen molar-refractivity contribution in [2.24, 2.45) is 5.73 Å². The summed E-state index contributed by atoms with van der Waals surface area (Å²) >= 11 is 0. The topological polar surface area (TPSA) is 112 Å². The molecule has 1 aromatic carbocycles. The Morgan fingerprint density at radius 2 is 2.14 bits per heavy atom. The van der Waals surface area contributed by atoms with Crippen molar-refractivity contribution in [3.05, 3.63) is 41.6 Å². The first-order chi connectivity index (χ1) is 10.1. The van der Waals surface area contributed by atoms with Gasteiger partial charge in [0.1, 0.15) is 23.2 Å². The number of fused-ring (bicyclic) bond motifs is 2. The Morgan fingerprint density at radius 1 is 1.33 bits per heavy atom. The number of carbonyl (C=O) groups excluding carboxylic acids is 2. The zero-order valence-electron chi connectivity index (χ0n) is 10.5. The Kier molecular flexibility index (Phi) is 2.82. The van der Waals surface area contributed by atoms with Gasteiger partial charge in [0.05, 0.1) is 17.3 Å². The Hall–Kier alpha value is -3.31. The van der Waals surface area contributed by atoms with Crippen molar-refractivity contribution in [2.45, 2.75) is 0 Å². The number of hydrogen-bond acceptors (Lipinski definition) is 6. The molecule has 0 saturated carbocycles. The van der Waals surface area contributed by atoms with E-state index >= 15 is 0 Å². The first-order valence-corrected chi connectivity index (χ1v) is 5.82. The highest BCUT2D eigenvalue weighted by Crippen LogP contribution is 2.43. The van der Waals surface area contributed by atoms with Crippen molar-refractivity contribution in [1.29, 1.82) is 0 Å². The molecule has 0 saturated heterocycles. The first kappa shape index (κ1) is 12.7. The Morgan fingerprint density at radius 3 is 2.86 bits per heavy atom. The van der Waals surface area contributed by atoms with Crippen molar-refractivity contribution in [1.82, 2.24) is 4.98 Å². The largest absolute Gasteiger partial charge is 0.506 e. The maximum absolute atomic E-state index is 11.3. The van der Waals surface area contributed by atoms with Crippen LogP contribution in [0.2, 0.25) is 0 Å². The molecule has 104 valence electrons. The van der Waals surface area contributed by atoms with Crippen LogP contribution in [0.4, 0.5) is 4.79 Å². The van der Waals surface area contributed by atoms with Crippen molar-refractivity contribution < 1.29 is 24.2 Å². The minimum absolute atomic E-state index is 0.113. The fourth-order valence-electron chi connectivity index (χ4n) is 2.03. The molecule has 1 aliphatic rings. The second-order valence-electron chi connectivity index (χ2n) is 4.20. The number of aromatic nitrogens is 1. The quantitative estimate of drug-likeness (QED) is 0.656. The van der Waals surface area contributed by atoms with Crippen LogP contribution in [0.1, 0.15) is 11.1 Å². The van der Waals surface area contributed by atoms with Crippen LogP contribution in [-0.2, 0) is 4.79 Å². The lowest BCUT2D eigenvalue weighted by atomic mass is 9.97. The number of nitrogens with zero attached hydrogens (tertiary/aromatic N) is 1. The van der Waals surface area contributed by atoms with Gasteiger partial charge in [0, 0.05) is 5.56 Å². The maximum Gasteiger partial charge on any atom is 0.409 e. The monoisotopic (exact) mass is 284 g/mol. The summed E-state index contributed by atoms with van der Waals surface area (Å²) in [7, 11) is 0. The molecule has 1 amide bonds. The fourth-order valence-corrected chi connectivity index (χ4v) is 2.03. The maximum atomic E-state index is 11.3. The van der Waals surface area contributed by atoms with E-state index in [0.717, 1.165) is 0 Å². The molecule has 3 N–H and O–H groups in total. The predicted molar refractivity (Wildman–Crippen MR) is 70.8 cm³/mol. The zero-order valence-corrected chi connectivity index (χ0v) is 10.5. The summed E-state index contributed by atoms with van der Waals surface area (Å²) in [5.41, 5.74) is 5.75. The molecule has 0 unspecified atom stereocenters. The predicted octanol–water partition coefficient (Wildman–Crippen LogP) is 1.61. The molecule has 7 nitrogen and oxygen atoms in total. The number of aromatic hydroxyl groups is 1. The third-order valence-electron chi connectivity index (χ3n) is 2.85. The summed E-state index contributed by atoms with van der Waals surface area (Å²) < 4.78 is 10.3. The lowest BCUT2D eigenvalue weighted by molar-refractivity contribution is 0.211. The van der Waals surface area contributed by atoms with Gasteiger partial charge >= 0.3 is 6.09 Å². The van der Waals surface area contributed by atoms with Crippen LogP contribution in [0, 0.1) is 0 Å². The molecule has 0 radical (unpaired) electrons. The molecule has 1 aromatic heterocycles. The molecule has 1 aliphatic heterocycles. The van der Waals surface area contributed by atoms with E-state index in [1.165, 1.54) is 30.5 Å². The molecule has 3 rings (SSSR count). The second kappa shape index (κ2) is 4.66. The molecule has 7 heteroatoms. The van der Waals surface area contributed by atoms with Gasteiger partial charge in [0.25, 0.3) is 0 Å². The molecular weight excluding hydrogens is 276 g/mol. The van der Waals surface area contributed by atoms with Crippen LogP contribution in [0.15, 0.2) is 30.5 Å². The molecule has 21 heavy (non-hydrogen) atoms. The van der Waals surface area contributed by atoms with Crippen molar-refractivity contribution in [3.63, 3.8) is 0 Å². The minimum atomic E-state index is -0.969. The van der Waals surface area contributed by atoms with Gasteiger partial charge in [-0.3, -0.25) is 0 Å². The lowest BCUT2D eigenvalue weighted by Gasteiger charge is -2.20. The van der Waals surface area contributed by atoms with E-state index in [9.17, 15) is 14.7 Å². The van der Waals surface area contributed by atoms with Gasteiger partial charge in [-0.15, -0.1) is 0 Å². The highest BCUT2D eigenvalue weighted by atomic mass is 16.5. The van der Waals surface area contributed by atoms with Crippen LogP contribution in [-0.4, -0.2) is 22.1 Å². The van der Waals surface area contributed by atoms with Crippen LogP contribution in [0.3, 0.4) is 0 Å².